The highest BCUT2D eigenvalue weighted by Crippen LogP contribution is 2.35. The van der Waals surface area contributed by atoms with Gasteiger partial charge in [-0.2, -0.15) is 9.29 Å². The van der Waals surface area contributed by atoms with Crippen LogP contribution in [-0.2, 0) is 10.0 Å². The summed E-state index contributed by atoms with van der Waals surface area (Å²) < 4.78 is 32.0. The van der Waals surface area contributed by atoms with E-state index in [1.54, 1.807) is 18.2 Å². The average Bonchev–Trinajstić information content (AvgIpc) is 3.16. The Kier molecular flexibility index (Phi) is 3.99. The van der Waals surface area contributed by atoms with E-state index in [2.05, 4.69) is 15.1 Å². The molecule has 1 aliphatic rings. The summed E-state index contributed by atoms with van der Waals surface area (Å²) in [6, 6.07) is 6.29. The van der Waals surface area contributed by atoms with E-state index in [-0.39, 0.29) is 34.6 Å². The second-order valence-electron chi connectivity index (χ2n) is 5.45. The molecule has 0 amide bonds. The zero-order chi connectivity index (χ0) is 17.6. The van der Waals surface area contributed by atoms with Gasteiger partial charge in [0.1, 0.15) is 4.21 Å². The zero-order valence-electron chi connectivity index (χ0n) is 12.5. The first-order valence-corrected chi connectivity index (χ1v) is 9.86. The van der Waals surface area contributed by atoms with Gasteiger partial charge in [-0.3, -0.25) is 4.79 Å². The van der Waals surface area contributed by atoms with Crippen LogP contribution >= 0.6 is 22.9 Å². The Labute approximate surface area is 151 Å². The van der Waals surface area contributed by atoms with Crippen LogP contribution in [0, 0.1) is 0 Å². The number of sulfonamides is 1. The summed E-state index contributed by atoms with van der Waals surface area (Å²) in [5.41, 5.74) is -0.0169. The van der Waals surface area contributed by atoms with Gasteiger partial charge in [0.05, 0.1) is 15.8 Å². The minimum absolute atomic E-state index is 0.184. The van der Waals surface area contributed by atoms with Crippen molar-refractivity contribution in [3.05, 3.63) is 51.0 Å². The molecule has 3 aromatic rings. The molecule has 0 atom stereocenters. The number of aromatic nitrogens is 3. The van der Waals surface area contributed by atoms with Crippen molar-refractivity contribution in [2.75, 3.05) is 13.1 Å². The normalized spacial score (nSPS) is 16.0. The van der Waals surface area contributed by atoms with Crippen molar-refractivity contribution in [3.63, 3.8) is 0 Å². The summed E-state index contributed by atoms with van der Waals surface area (Å²) in [6.45, 7) is 0.481. The van der Waals surface area contributed by atoms with Crippen LogP contribution < -0.4 is 5.56 Å². The van der Waals surface area contributed by atoms with Crippen LogP contribution in [0.2, 0.25) is 4.34 Å². The molecule has 0 aromatic carbocycles. The van der Waals surface area contributed by atoms with Gasteiger partial charge in [-0.1, -0.05) is 16.8 Å². The second kappa shape index (κ2) is 6.06. The summed E-state index contributed by atoms with van der Waals surface area (Å²) in [6.07, 6.45) is 1.51. The van der Waals surface area contributed by atoms with E-state index in [4.69, 9.17) is 16.1 Å². The lowest BCUT2D eigenvalue weighted by Gasteiger charge is -2.35. The van der Waals surface area contributed by atoms with Crippen LogP contribution in [-0.4, -0.2) is 40.9 Å². The first-order chi connectivity index (χ1) is 11.9. The molecule has 1 N–H and O–H groups in total. The zero-order valence-corrected chi connectivity index (χ0v) is 14.9. The van der Waals surface area contributed by atoms with Gasteiger partial charge in [-0.25, -0.2) is 8.42 Å². The number of hydrogen-bond acceptors (Lipinski definition) is 7. The quantitative estimate of drug-likeness (QED) is 0.719. The number of thiophene rings is 1. The maximum absolute atomic E-state index is 12.4. The fraction of sp³-hybridized carbons (Fsp3) is 0.214. The Balaban J connectivity index is 1.50. The molecule has 0 aliphatic carbocycles. The third kappa shape index (κ3) is 2.91. The Morgan fingerprint density at radius 3 is 2.80 bits per heavy atom. The summed E-state index contributed by atoms with van der Waals surface area (Å²) in [4.78, 5) is 18.5. The fourth-order valence-electron chi connectivity index (χ4n) is 2.46. The topological polar surface area (TPSA) is 109 Å². The fourth-order valence-corrected chi connectivity index (χ4v) is 5.63. The van der Waals surface area contributed by atoms with Gasteiger partial charge >= 0.3 is 0 Å². The summed E-state index contributed by atoms with van der Waals surface area (Å²) in [5.74, 6) is 0.298. The molecule has 4 heterocycles. The Morgan fingerprint density at radius 1 is 1.32 bits per heavy atom. The third-order valence-corrected chi connectivity index (χ3v) is 7.37. The molecule has 0 radical (unpaired) electrons. The molecule has 130 valence electrons. The van der Waals surface area contributed by atoms with Crippen molar-refractivity contribution in [2.45, 2.75) is 10.1 Å². The Morgan fingerprint density at radius 2 is 2.12 bits per heavy atom. The number of halogens is 1. The van der Waals surface area contributed by atoms with Crippen molar-refractivity contribution in [3.8, 4) is 11.4 Å². The smallest absolute Gasteiger partial charge is 0.259 e. The molecule has 1 aliphatic heterocycles. The SMILES string of the molecule is O=c1[nH]cccc1-c1noc(C2CN(S(=O)(=O)c3ccc(Cl)s3)C2)n1. The predicted octanol–water partition coefficient (Wildman–Crippen LogP) is 1.93. The van der Waals surface area contributed by atoms with Crippen molar-refractivity contribution >= 4 is 33.0 Å². The number of rotatable bonds is 4. The van der Waals surface area contributed by atoms with E-state index in [0.717, 1.165) is 11.3 Å². The van der Waals surface area contributed by atoms with Crippen LogP contribution in [0.5, 0.6) is 0 Å². The van der Waals surface area contributed by atoms with Crippen molar-refractivity contribution in [1.29, 1.82) is 0 Å². The van der Waals surface area contributed by atoms with E-state index in [9.17, 15) is 13.2 Å². The first-order valence-electron chi connectivity index (χ1n) is 7.22. The second-order valence-corrected chi connectivity index (χ2v) is 9.33. The average molecular weight is 399 g/mol. The lowest BCUT2D eigenvalue weighted by Crippen LogP contribution is -2.48. The van der Waals surface area contributed by atoms with Gasteiger partial charge in [0, 0.05) is 19.3 Å². The number of nitrogens with zero attached hydrogens (tertiary/aromatic N) is 3. The molecule has 3 aromatic heterocycles. The van der Waals surface area contributed by atoms with E-state index < -0.39 is 10.0 Å². The number of H-pyrrole nitrogens is 1. The molecule has 25 heavy (non-hydrogen) atoms. The molecular formula is C14H11ClN4O4S2. The number of pyridine rings is 1. The van der Waals surface area contributed by atoms with Gasteiger partial charge in [-0.15, -0.1) is 11.3 Å². The van der Waals surface area contributed by atoms with Gasteiger partial charge in [0.2, 0.25) is 11.7 Å². The number of hydrogen-bond donors (Lipinski definition) is 1. The van der Waals surface area contributed by atoms with Gasteiger partial charge in [0.25, 0.3) is 15.6 Å². The molecule has 1 fully saturated rings. The van der Waals surface area contributed by atoms with Crippen LogP contribution in [0.3, 0.4) is 0 Å². The van der Waals surface area contributed by atoms with Gasteiger partial charge in [-0.05, 0) is 24.3 Å². The molecule has 0 bridgehead atoms. The van der Waals surface area contributed by atoms with Crippen molar-refractivity contribution < 1.29 is 12.9 Å². The minimum atomic E-state index is -3.55. The molecule has 11 heteroatoms. The predicted molar refractivity (Wildman–Crippen MR) is 91.2 cm³/mol. The first kappa shape index (κ1) is 16.5. The monoisotopic (exact) mass is 398 g/mol. The lowest BCUT2D eigenvalue weighted by molar-refractivity contribution is 0.217. The number of aromatic amines is 1. The largest absolute Gasteiger partial charge is 0.339 e. The third-order valence-electron chi connectivity index (χ3n) is 3.84. The summed E-state index contributed by atoms with van der Waals surface area (Å²) >= 11 is 6.82. The van der Waals surface area contributed by atoms with Crippen molar-refractivity contribution in [2.24, 2.45) is 0 Å². The Hall–Kier alpha value is -2.01. The molecular weight excluding hydrogens is 388 g/mol. The van der Waals surface area contributed by atoms with Crippen molar-refractivity contribution in [1.82, 2.24) is 19.4 Å². The van der Waals surface area contributed by atoms with E-state index in [0.29, 0.717) is 15.8 Å². The highest BCUT2D eigenvalue weighted by Gasteiger charge is 2.41. The molecule has 0 unspecified atom stereocenters. The van der Waals surface area contributed by atoms with E-state index in [1.807, 2.05) is 0 Å². The van der Waals surface area contributed by atoms with Crippen LogP contribution in [0.4, 0.5) is 0 Å². The maximum Gasteiger partial charge on any atom is 0.259 e. The van der Waals surface area contributed by atoms with Gasteiger partial charge < -0.3 is 9.51 Å². The van der Waals surface area contributed by atoms with Crippen LogP contribution in [0.25, 0.3) is 11.4 Å². The molecule has 8 nitrogen and oxygen atoms in total. The summed E-state index contributed by atoms with van der Waals surface area (Å²) in [5, 5.41) is 3.81. The Bertz CT molecular complexity index is 1080. The summed E-state index contributed by atoms with van der Waals surface area (Å²) in [7, 11) is -3.55. The molecule has 1 saturated heterocycles. The lowest BCUT2D eigenvalue weighted by atomic mass is 10.0. The molecule has 0 spiro atoms. The molecule has 0 saturated carbocycles. The maximum atomic E-state index is 12.4. The van der Waals surface area contributed by atoms with Crippen LogP contribution in [0.1, 0.15) is 11.8 Å². The van der Waals surface area contributed by atoms with Gasteiger partial charge in [0.15, 0.2) is 0 Å². The minimum Gasteiger partial charge on any atom is -0.339 e. The van der Waals surface area contributed by atoms with E-state index >= 15 is 0 Å². The highest BCUT2D eigenvalue weighted by molar-refractivity contribution is 7.91. The molecule has 4 rings (SSSR count). The number of nitrogens with one attached hydrogen (secondary N) is 1. The van der Waals surface area contributed by atoms with Crippen LogP contribution in [0.15, 0.2) is 44.0 Å². The highest BCUT2D eigenvalue weighted by atomic mass is 35.5. The van der Waals surface area contributed by atoms with E-state index in [1.165, 1.54) is 16.6 Å². The standard InChI is InChI=1S/C14H11ClN4O4S2/c15-10-3-4-11(24-10)25(21,22)19-6-8(7-19)14-17-12(18-23-14)9-2-1-5-16-13(9)20/h1-5,8H,6-7H2,(H,16,20).